The van der Waals surface area contributed by atoms with E-state index < -0.39 is 0 Å². The van der Waals surface area contributed by atoms with E-state index in [4.69, 9.17) is 14.2 Å². The van der Waals surface area contributed by atoms with Crippen LogP contribution in [0, 0.1) is 0 Å². The first-order valence-electron chi connectivity index (χ1n) is 6.33. The monoisotopic (exact) mass is 250 g/mol. The van der Waals surface area contributed by atoms with Gasteiger partial charge in [-0.1, -0.05) is 26.3 Å². The van der Waals surface area contributed by atoms with Gasteiger partial charge in [-0.05, 0) is 24.1 Å². The molecule has 0 spiro atoms. The number of carbonyl (C=O) groups is 1. The maximum absolute atomic E-state index is 11.4. The van der Waals surface area contributed by atoms with Crippen molar-refractivity contribution in [2.45, 2.75) is 39.2 Å². The minimum Gasteiger partial charge on any atom is -0.457 e. The number of ether oxygens (including phenoxy) is 3. The van der Waals surface area contributed by atoms with Crippen molar-refractivity contribution in [3.8, 4) is 11.5 Å². The van der Waals surface area contributed by atoms with Gasteiger partial charge < -0.3 is 14.2 Å². The SMILES string of the molecule is CCC[C@@H](OC(=O)CC)c1ccc2c(c1)OCO2. The van der Waals surface area contributed by atoms with E-state index in [2.05, 4.69) is 6.92 Å². The second-order valence-electron chi connectivity index (χ2n) is 4.23. The zero-order chi connectivity index (χ0) is 13.0. The van der Waals surface area contributed by atoms with Crippen LogP contribution >= 0.6 is 0 Å². The van der Waals surface area contributed by atoms with Crippen LogP contribution in [-0.2, 0) is 9.53 Å². The van der Waals surface area contributed by atoms with Crippen LogP contribution in [0.15, 0.2) is 18.2 Å². The second-order valence-corrected chi connectivity index (χ2v) is 4.23. The highest BCUT2D eigenvalue weighted by Gasteiger charge is 2.19. The summed E-state index contributed by atoms with van der Waals surface area (Å²) in [6.07, 6.45) is 1.96. The number of fused-ring (bicyclic) bond motifs is 1. The van der Waals surface area contributed by atoms with Crippen molar-refractivity contribution in [1.82, 2.24) is 0 Å². The van der Waals surface area contributed by atoms with Gasteiger partial charge in [0.25, 0.3) is 0 Å². The van der Waals surface area contributed by atoms with Crippen molar-refractivity contribution < 1.29 is 19.0 Å². The second kappa shape index (κ2) is 5.76. The fraction of sp³-hybridized carbons (Fsp3) is 0.500. The molecule has 4 heteroatoms. The van der Waals surface area contributed by atoms with Crippen LogP contribution < -0.4 is 9.47 Å². The standard InChI is InChI=1S/C14H18O4/c1-3-5-11(18-14(15)4-2)10-6-7-12-13(8-10)17-9-16-12/h6-8,11H,3-5,9H2,1-2H3/t11-/m1/s1. The first-order valence-corrected chi connectivity index (χ1v) is 6.33. The van der Waals surface area contributed by atoms with E-state index in [0.717, 1.165) is 29.9 Å². The smallest absolute Gasteiger partial charge is 0.306 e. The van der Waals surface area contributed by atoms with Crippen molar-refractivity contribution >= 4 is 5.97 Å². The van der Waals surface area contributed by atoms with Crippen LogP contribution in [0.25, 0.3) is 0 Å². The minimum absolute atomic E-state index is 0.175. The van der Waals surface area contributed by atoms with Crippen LogP contribution in [0.4, 0.5) is 0 Å². The molecule has 0 bridgehead atoms. The van der Waals surface area contributed by atoms with E-state index in [9.17, 15) is 4.79 Å². The quantitative estimate of drug-likeness (QED) is 0.753. The fourth-order valence-electron chi connectivity index (χ4n) is 1.91. The van der Waals surface area contributed by atoms with Crippen molar-refractivity contribution in [1.29, 1.82) is 0 Å². The van der Waals surface area contributed by atoms with Gasteiger partial charge in [0.15, 0.2) is 11.5 Å². The van der Waals surface area contributed by atoms with Crippen LogP contribution in [0.3, 0.4) is 0 Å². The Morgan fingerprint density at radius 3 is 2.83 bits per heavy atom. The molecule has 1 aliphatic rings. The highest BCUT2D eigenvalue weighted by molar-refractivity contribution is 5.69. The third-order valence-electron chi connectivity index (χ3n) is 2.88. The molecule has 2 rings (SSSR count). The van der Waals surface area contributed by atoms with E-state index >= 15 is 0 Å². The van der Waals surface area contributed by atoms with Gasteiger partial charge in [0, 0.05) is 6.42 Å². The first kappa shape index (κ1) is 12.7. The Hall–Kier alpha value is -1.71. The lowest BCUT2D eigenvalue weighted by molar-refractivity contribution is -0.149. The molecule has 0 N–H and O–H groups in total. The summed E-state index contributed by atoms with van der Waals surface area (Å²) in [6, 6.07) is 5.68. The van der Waals surface area contributed by atoms with E-state index in [1.54, 1.807) is 6.92 Å². The Labute approximate surface area is 107 Å². The van der Waals surface area contributed by atoms with Crippen LogP contribution in [0.5, 0.6) is 11.5 Å². The third-order valence-corrected chi connectivity index (χ3v) is 2.88. The molecular formula is C14H18O4. The summed E-state index contributed by atoms with van der Waals surface area (Å²) < 4.78 is 16.1. The third kappa shape index (κ3) is 2.75. The summed E-state index contributed by atoms with van der Waals surface area (Å²) in [5, 5.41) is 0. The van der Waals surface area contributed by atoms with Crippen molar-refractivity contribution in [2.75, 3.05) is 6.79 Å². The van der Waals surface area contributed by atoms with Crippen molar-refractivity contribution in [2.24, 2.45) is 0 Å². The van der Waals surface area contributed by atoms with E-state index in [1.807, 2.05) is 18.2 Å². The lowest BCUT2D eigenvalue weighted by Crippen LogP contribution is -2.10. The van der Waals surface area contributed by atoms with Gasteiger partial charge in [-0.15, -0.1) is 0 Å². The van der Waals surface area contributed by atoms with Gasteiger partial charge in [-0.25, -0.2) is 0 Å². The zero-order valence-corrected chi connectivity index (χ0v) is 10.8. The molecule has 0 fully saturated rings. The molecule has 0 radical (unpaired) electrons. The molecule has 1 aromatic rings. The maximum atomic E-state index is 11.4. The number of rotatable bonds is 5. The van der Waals surface area contributed by atoms with Crippen LogP contribution in [0.2, 0.25) is 0 Å². The molecule has 0 unspecified atom stereocenters. The zero-order valence-electron chi connectivity index (χ0n) is 10.8. The first-order chi connectivity index (χ1) is 8.74. The molecule has 1 atom stereocenters. The number of esters is 1. The van der Waals surface area contributed by atoms with Crippen molar-refractivity contribution in [3.63, 3.8) is 0 Å². The van der Waals surface area contributed by atoms with Crippen LogP contribution in [0.1, 0.15) is 44.8 Å². The molecule has 1 aromatic carbocycles. The lowest BCUT2D eigenvalue weighted by Gasteiger charge is -2.17. The Bertz CT molecular complexity index is 428. The van der Waals surface area contributed by atoms with Gasteiger partial charge in [-0.3, -0.25) is 4.79 Å². The number of carbonyl (C=O) groups excluding carboxylic acids is 1. The lowest BCUT2D eigenvalue weighted by atomic mass is 10.0. The van der Waals surface area contributed by atoms with Gasteiger partial charge in [0.05, 0.1) is 0 Å². The molecule has 1 heterocycles. The predicted molar refractivity (Wildman–Crippen MR) is 66.6 cm³/mol. The van der Waals surface area contributed by atoms with Crippen LogP contribution in [-0.4, -0.2) is 12.8 Å². The normalized spacial score (nSPS) is 14.3. The van der Waals surface area contributed by atoms with E-state index in [0.29, 0.717) is 6.42 Å². The highest BCUT2D eigenvalue weighted by atomic mass is 16.7. The number of benzene rings is 1. The summed E-state index contributed by atoms with van der Waals surface area (Å²) in [5.74, 6) is 1.29. The molecular weight excluding hydrogens is 232 g/mol. The molecule has 0 saturated carbocycles. The Kier molecular flexibility index (Phi) is 4.07. The predicted octanol–water partition coefficient (Wildman–Crippen LogP) is 3.21. The number of hydrogen-bond acceptors (Lipinski definition) is 4. The molecule has 0 aliphatic carbocycles. The number of hydrogen-bond donors (Lipinski definition) is 0. The molecule has 1 aliphatic heterocycles. The van der Waals surface area contributed by atoms with Gasteiger partial charge in [0.2, 0.25) is 6.79 Å². The Morgan fingerprint density at radius 2 is 2.11 bits per heavy atom. The minimum atomic E-state index is -0.197. The summed E-state index contributed by atoms with van der Waals surface area (Å²) in [4.78, 5) is 11.4. The van der Waals surface area contributed by atoms with Gasteiger partial charge >= 0.3 is 5.97 Å². The molecule has 0 amide bonds. The summed E-state index contributed by atoms with van der Waals surface area (Å²) >= 11 is 0. The summed E-state index contributed by atoms with van der Waals surface area (Å²) in [5.41, 5.74) is 0.961. The average molecular weight is 250 g/mol. The summed E-state index contributed by atoms with van der Waals surface area (Å²) in [6.45, 7) is 4.12. The highest BCUT2D eigenvalue weighted by Crippen LogP contribution is 2.36. The van der Waals surface area contributed by atoms with Gasteiger partial charge in [-0.2, -0.15) is 0 Å². The maximum Gasteiger partial charge on any atom is 0.306 e. The molecule has 0 saturated heterocycles. The van der Waals surface area contributed by atoms with Gasteiger partial charge in [0.1, 0.15) is 6.10 Å². The average Bonchev–Trinajstić information content (AvgIpc) is 2.85. The molecule has 18 heavy (non-hydrogen) atoms. The topological polar surface area (TPSA) is 44.8 Å². The Balaban J connectivity index is 2.17. The van der Waals surface area contributed by atoms with E-state index in [1.165, 1.54) is 0 Å². The Morgan fingerprint density at radius 1 is 1.33 bits per heavy atom. The summed E-state index contributed by atoms with van der Waals surface area (Å²) in [7, 11) is 0. The fourth-order valence-corrected chi connectivity index (χ4v) is 1.91. The van der Waals surface area contributed by atoms with E-state index in [-0.39, 0.29) is 18.9 Å². The van der Waals surface area contributed by atoms with Crippen molar-refractivity contribution in [3.05, 3.63) is 23.8 Å². The molecule has 98 valence electrons. The largest absolute Gasteiger partial charge is 0.457 e. The molecule has 0 aromatic heterocycles. The molecule has 4 nitrogen and oxygen atoms in total.